The third kappa shape index (κ3) is 3.07. The fourth-order valence-electron chi connectivity index (χ4n) is 3.96. The van der Waals surface area contributed by atoms with Gasteiger partial charge < -0.3 is 16.2 Å². The summed E-state index contributed by atoms with van der Waals surface area (Å²) in [5.74, 6) is -0.197. The molecule has 1 aliphatic heterocycles. The van der Waals surface area contributed by atoms with Crippen LogP contribution in [0.15, 0.2) is 24.3 Å². The first-order valence-electron chi connectivity index (χ1n) is 9.84. The number of nitrogen functional groups attached to an aromatic ring is 2. The van der Waals surface area contributed by atoms with E-state index in [1.54, 1.807) is 20.0 Å². The van der Waals surface area contributed by atoms with Crippen LogP contribution in [-0.4, -0.2) is 34.3 Å². The number of nitrogens with zero attached hydrogens (tertiary/aromatic N) is 8. The zero-order valence-electron chi connectivity index (χ0n) is 17.6. The van der Waals surface area contributed by atoms with E-state index in [1.165, 1.54) is 32.2 Å². The SMILES string of the molecule is CC1Oc2cc(nnc2N)-c2c(nn(C)c2C#N)Cn2c(=N)nc(N)n2-c2ccc(F)cc21. The highest BCUT2D eigenvalue weighted by atomic mass is 19.1. The summed E-state index contributed by atoms with van der Waals surface area (Å²) in [6, 6.07) is 7.84. The minimum absolute atomic E-state index is 0.0212. The van der Waals surface area contributed by atoms with Crippen LogP contribution in [0.25, 0.3) is 16.9 Å². The molecule has 0 amide bonds. The summed E-state index contributed by atoms with van der Waals surface area (Å²) in [7, 11) is 1.63. The van der Waals surface area contributed by atoms with Crippen molar-refractivity contribution in [3.8, 4) is 28.8 Å². The monoisotopic (exact) mass is 447 g/mol. The Bertz CT molecular complexity index is 1520. The molecule has 1 aliphatic rings. The zero-order valence-corrected chi connectivity index (χ0v) is 17.6. The standard InChI is InChI=1S/C20H18FN11O/c1-9-11-5-10(21)3-4-14(11)32-20(25)26-19(24)31(32)8-13-17(15(7-22)30(2)29-13)12-6-16(33-9)18(23)28-27-12/h3-6,9H,8H2,1-2H3,(H2,23,28)(H3,24,25,26). The number of hydrogen-bond acceptors (Lipinski definition) is 9. The van der Waals surface area contributed by atoms with Crippen LogP contribution in [0.1, 0.15) is 30.0 Å². The number of benzene rings is 1. The fraction of sp³-hybridized carbons (Fsp3) is 0.200. The Kier molecular flexibility index (Phi) is 4.38. The highest BCUT2D eigenvalue weighted by molar-refractivity contribution is 5.70. The van der Waals surface area contributed by atoms with Crippen molar-refractivity contribution >= 4 is 11.8 Å². The Morgan fingerprint density at radius 1 is 1.27 bits per heavy atom. The topological polar surface area (TPSA) is 175 Å². The van der Waals surface area contributed by atoms with Gasteiger partial charge in [0.1, 0.15) is 29.4 Å². The summed E-state index contributed by atoms with van der Waals surface area (Å²) >= 11 is 0. The molecule has 0 spiro atoms. The van der Waals surface area contributed by atoms with Crippen LogP contribution < -0.4 is 21.8 Å². The van der Waals surface area contributed by atoms with Crippen LogP contribution in [0.2, 0.25) is 0 Å². The van der Waals surface area contributed by atoms with Gasteiger partial charge in [-0.05, 0) is 25.1 Å². The number of nitrogens with two attached hydrogens (primary N) is 2. The quantitative estimate of drug-likeness (QED) is 0.358. The van der Waals surface area contributed by atoms with E-state index in [0.717, 1.165) is 0 Å². The Hall–Kier alpha value is -4.73. The minimum Gasteiger partial charge on any atom is -0.482 e. The van der Waals surface area contributed by atoms with Gasteiger partial charge in [-0.1, -0.05) is 0 Å². The van der Waals surface area contributed by atoms with Gasteiger partial charge in [-0.3, -0.25) is 10.1 Å². The number of nitriles is 1. The summed E-state index contributed by atoms with van der Waals surface area (Å²) in [5, 5.41) is 30.7. The van der Waals surface area contributed by atoms with Crippen molar-refractivity contribution in [3.05, 3.63) is 52.7 Å². The predicted octanol–water partition coefficient (Wildman–Crippen LogP) is 1.02. The lowest BCUT2D eigenvalue weighted by Gasteiger charge is -2.22. The van der Waals surface area contributed by atoms with Crippen LogP contribution in [0.5, 0.6) is 5.75 Å². The minimum atomic E-state index is -0.692. The highest BCUT2D eigenvalue weighted by Gasteiger charge is 2.26. The average Bonchev–Trinajstić information content (AvgIpc) is 3.23. The molecular weight excluding hydrogens is 429 g/mol. The van der Waals surface area contributed by atoms with Crippen molar-refractivity contribution < 1.29 is 9.13 Å². The summed E-state index contributed by atoms with van der Waals surface area (Å²) in [4.78, 5) is 4.08. The van der Waals surface area contributed by atoms with E-state index in [-0.39, 0.29) is 35.4 Å². The van der Waals surface area contributed by atoms with Crippen LogP contribution in [0.4, 0.5) is 16.2 Å². The van der Waals surface area contributed by atoms with E-state index in [4.69, 9.17) is 21.6 Å². The van der Waals surface area contributed by atoms with Gasteiger partial charge in [0, 0.05) is 18.7 Å². The average molecular weight is 447 g/mol. The summed E-state index contributed by atoms with van der Waals surface area (Å²) in [6.45, 7) is 1.75. The maximum absolute atomic E-state index is 14.2. The molecule has 4 aromatic rings. The number of nitrogens with one attached hydrogen (secondary N) is 1. The van der Waals surface area contributed by atoms with Gasteiger partial charge in [0.15, 0.2) is 11.6 Å². The lowest BCUT2D eigenvalue weighted by molar-refractivity contribution is 0.226. The normalized spacial score (nSPS) is 14.7. The Balaban J connectivity index is 1.89. The number of rotatable bonds is 0. The number of aromatic nitrogens is 7. The van der Waals surface area contributed by atoms with Gasteiger partial charge in [-0.25, -0.2) is 13.8 Å². The first kappa shape index (κ1) is 20.2. The molecule has 33 heavy (non-hydrogen) atoms. The van der Waals surface area contributed by atoms with Crippen molar-refractivity contribution in [2.75, 3.05) is 11.5 Å². The van der Waals surface area contributed by atoms with E-state index in [0.29, 0.717) is 28.2 Å². The van der Waals surface area contributed by atoms with Crippen molar-refractivity contribution in [2.24, 2.45) is 7.05 Å². The van der Waals surface area contributed by atoms with Crippen molar-refractivity contribution in [1.29, 1.82) is 10.7 Å². The number of ether oxygens (including phenoxy) is 1. The van der Waals surface area contributed by atoms with Gasteiger partial charge in [-0.15, -0.1) is 10.2 Å². The van der Waals surface area contributed by atoms with E-state index in [2.05, 4.69) is 26.3 Å². The van der Waals surface area contributed by atoms with Gasteiger partial charge in [0.2, 0.25) is 11.6 Å². The molecule has 2 bridgehead atoms. The van der Waals surface area contributed by atoms with Gasteiger partial charge in [0.25, 0.3) is 0 Å². The highest BCUT2D eigenvalue weighted by Crippen LogP contribution is 2.35. The molecule has 12 nitrogen and oxygen atoms in total. The summed E-state index contributed by atoms with van der Waals surface area (Å²) in [5.41, 5.74) is 14.3. The van der Waals surface area contributed by atoms with E-state index >= 15 is 0 Å². The van der Waals surface area contributed by atoms with E-state index in [1.807, 2.05) is 0 Å². The second-order valence-electron chi connectivity index (χ2n) is 7.51. The largest absolute Gasteiger partial charge is 0.482 e. The van der Waals surface area contributed by atoms with E-state index < -0.39 is 11.9 Å². The lowest BCUT2D eigenvalue weighted by Crippen LogP contribution is -2.26. The van der Waals surface area contributed by atoms with Crippen LogP contribution >= 0.6 is 0 Å². The number of halogens is 1. The number of anilines is 2. The molecule has 0 aliphatic carbocycles. The van der Waals surface area contributed by atoms with Gasteiger partial charge >= 0.3 is 0 Å². The van der Waals surface area contributed by atoms with Crippen LogP contribution in [0, 0.1) is 22.6 Å². The molecule has 5 N–H and O–H groups in total. The van der Waals surface area contributed by atoms with Crippen molar-refractivity contribution in [2.45, 2.75) is 19.6 Å². The maximum Gasteiger partial charge on any atom is 0.241 e. The Morgan fingerprint density at radius 2 is 2.06 bits per heavy atom. The first-order valence-corrected chi connectivity index (χ1v) is 9.84. The molecule has 0 saturated heterocycles. The molecule has 1 atom stereocenters. The van der Waals surface area contributed by atoms with Crippen molar-refractivity contribution in [3.63, 3.8) is 0 Å². The molecule has 0 fully saturated rings. The summed E-state index contributed by atoms with van der Waals surface area (Å²) < 4.78 is 24.7. The number of hydrogen-bond donors (Lipinski definition) is 3. The summed E-state index contributed by atoms with van der Waals surface area (Å²) in [6.07, 6.45) is -0.692. The predicted molar refractivity (Wildman–Crippen MR) is 113 cm³/mol. The Labute approximate surface area is 186 Å². The third-order valence-electron chi connectivity index (χ3n) is 5.45. The molecule has 1 unspecified atom stereocenters. The molecule has 1 aromatic carbocycles. The first-order chi connectivity index (χ1) is 15.8. The van der Waals surface area contributed by atoms with Gasteiger partial charge in [-0.2, -0.15) is 15.3 Å². The number of aryl methyl sites for hydroxylation is 1. The second kappa shape index (κ2) is 7.16. The molecule has 4 heterocycles. The molecule has 5 rings (SSSR count). The smallest absolute Gasteiger partial charge is 0.241 e. The zero-order chi connectivity index (χ0) is 23.4. The second-order valence-corrected chi connectivity index (χ2v) is 7.51. The lowest BCUT2D eigenvalue weighted by atomic mass is 10.1. The third-order valence-corrected chi connectivity index (χ3v) is 5.45. The Morgan fingerprint density at radius 3 is 2.82 bits per heavy atom. The molecule has 3 aromatic heterocycles. The van der Waals surface area contributed by atoms with Crippen LogP contribution in [-0.2, 0) is 13.6 Å². The molecule has 166 valence electrons. The van der Waals surface area contributed by atoms with Gasteiger partial charge in [0.05, 0.1) is 23.5 Å². The molecular formula is C20H18FN11O. The molecule has 0 saturated carbocycles. The van der Waals surface area contributed by atoms with Crippen molar-refractivity contribution in [1.82, 2.24) is 34.3 Å². The van der Waals surface area contributed by atoms with E-state index in [9.17, 15) is 9.65 Å². The number of fused-ring (bicyclic) bond motifs is 7. The molecule has 0 radical (unpaired) electrons. The van der Waals surface area contributed by atoms with Crippen LogP contribution in [0.3, 0.4) is 0 Å². The fourth-order valence-corrected chi connectivity index (χ4v) is 3.96. The maximum atomic E-state index is 14.2. The molecule has 13 heteroatoms.